The van der Waals surface area contributed by atoms with Crippen LogP contribution >= 0.6 is 11.8 Å². The van der Waals surface area contributed by atoms with Crippen LogP contribution in [0.5, 0.6) is 11.5 Å². The fourth-order valence-electron chi connectivity index (χ4n) is 4.21. The van der Waals surface area contributed by atoms with Crippen molar-refractivity contribution in [3.63, 3.8) is 0 Å². The fourth-order valence-corrected chi connectivity index (χ4v) is 5.20. The SMILES string of the molecule is COc1cc(C=C2SC(=Nc3c(C)cccc3C)N(c3ccccc3)C2=O)ccc1OCc1ccccc1. The highest BCUT2D eigenvalue weighted by Crippen LogP contribution is 2.39. The molecule has 1 aliphatic rings. The van der Waals surface area contributed by atoms with Gasteiger partial charge in [0.05, 0.1) is 23.4 Å². The van der Waals surface area contributed by atoms with Gasteiger partial charge in [0.15, 0.2) is 16.7 Å². The molecule has 0 spiro atoms. The average molecular weight is 521 g/mol. The number of hydrogen-bond donors (Lipinski definition) is 0. The molecule has 1 aliphatic heterocycles. The van der Waals surface area contributed by atoms with Gasteiger partial charge in [0.25, 0.3) is 5.91 Å². The van der Waals surface area contributed by atoms with Crippen LogP contribution in [-0.2, 0) is 11.4 Å². The minimum Gasteiger partial charge on any atom is -0.493 e. The summed E-state index contributed by atoms with van der Waals surface area (Å²) in [5.74, 6) is 1.14. The van der Waals surface area contributed by atoms with E-state index < -0.39 is 0 Å². The minimum absolute atomic E-state index is 0.116. The number of nitrogens with zero attached hydrogens (tertiary/aromatic N) is 2. The van der Waals surface area contributed by atoms with Gasteiger partial charge in [0.1, 0.15) is 6.61 Å². The molecule has 0 aromatic heterocycles. The molecule has 0 N–H and O–H groups in total. The number of anilines is 1. The van der Waals surface area contributed by atoms with E-state index in [9.17, 15) is 4.79 Å². The summed E-state index contributed by atoms with van der Waals surface area (Å²) in [4.78, 5) is 20.9. The zero-order valence-electron chi connectivity index (χ0n) is 21.5. The van der Waals surface area contributed by atoms with E-state index in [2.05, 4.69) is 0 Å². The second kappa shape index (κ2) is 11.4. The van der Waals surface area contributed by atoms with Crippen molar-refractivity contribution in [3.05, 3.63) is 124 Å². The van der Waals surface area contributed by atoms with Gasteiger partial charge in [-0.05, 0) is 78.2 Å². The number of ether oxygens (including phenoxy) is 2. The molecule has 1 amide bonds. The van der Waals surface area contributed by atoms with Gasteiger partial charge in [0, 0.05) is 0 Å². The average Bonchev–Trinajstić information content (AvgIpc) is 3.25. The van der Waals surface area contributed by atoms with Crippen LogP contribution in [-0.4, -0.2) is 18.2 Å². The first-order valence-corrected chi connectivity index (χ1v) is 13.1. The maximum Gasteiger partial charge on any atom is 0.271 e. The number of thioether (sulfide) groups is 1. The first kappa shape index (κ1) is 25.4. The van der Waals surface area contributed by atoms with Crippen LogP contribution in [0, 0.1) is 13.8 Å². The largest absolute Gasteiger partial charge is 0.493 e. The molecule has 4 aromatic rings. The molecule has 4 aromatic carbocycles. The van der Waals surface area contributed by atoms with Crippen molar-refractivity contribution in [2.24, 2.45) is 4.99 Å². The lowest BCUT2D eigenvalue weighted by Gasteiger charge is -2.16. The zero-order chi connectivity index (χ0) is 26.5. The molecule has 0 atom stereocenters. The Labute approximate surface area is 227 Å². The Balaban J connectivity index is 1.47. The molecule has 0 unspecified atom stereocenters. The van der Waals surface area contributed by atoms with Crippen LogP contribution in [0.1, 0.15) is 22.3 Å². The third-order valence-corrected chi connectivity index (χ3v) is 7.16. The fraction of sp³-hybridized carbons (Fsp3) is 0.125. The molecule has 0 bridgehead atoms. The highest BCUT2D eigenvalue weighted by atomic mass is 32.2. The molecule has 5 nitrogen and oxygen atoms in total. The van der Waals surface area contributed by atoms with E-state index in [-0.39, 0.29) is 5.91 Å². The van der Waals surface area contributed by atoms with Crippen LogP contribution in [0.25, 0.3) is 6.08 Å². The Morgan fingerprint density at radius 3 is 2.21 bits per heavy atom. The minimum atomic E-state index is -0.116. The number of methoxy groups -OCH3 is 1. The monoisotopic (exact) mass is 520 g/mol. The van der Waals surface area contributed by atoms with Crippen molar-refractivity contribution in [2.45, 2.75) is 20.5 Å². The summed E-state index contributed by atoms with van der Waals surface area (Å²) in [7, 11) is 1.61. The number of para-hydroxylation sites is 2. The van der Waals surface area contributed by atoms with E-state index >= 15 is 0 Å². The smallest absolute Gasteiger partial charge is 0.271 e. The molecule has 0 saturated carbocycles. The molecule has 1 saturated heterocycles. The Bertz CT molecular complexity index is 1490. The molecule has 0 aliphatic carbocycles. The van der Waals surface area contributed by atoms with Gasteiger partial charge < -0.3 is 9.47 Å². The van der Waals surface area contributed by atoms with E-state index in [1.54, 1.807) is 12.0 Å². The first-order chi connectivity index (χ1) is 18.5. The number of rotatable bonds is 7. The Morgan fingerprint density at radius 1 is 0.842 bits per heavy atom. The number of hydrogen-bond acceptors (Lipinski definition) is 5. The predicted molar refractivity (Wildman–Crippen MR) is 156 cm³/mol. The molecule has 1 heterocycles. The van der Waals surface area contributed by atoms with Crippen molar-refractivity contribution in [3.8, 4) is 11.5 Å². The molecule has 6 heteroatoms. The Kier molecular flexibility index (Phi) is 7.61. The first-order valence-electron chi connectivity index (χ1n) is 12.3. The lowest BCUT2D eigenvalue weighted by Crippen LogP contribution is -2.28. The highest BCUT2D eigenvalue weighted by molar-refractivity contribution is 8.19. The van der Waals surface area contributed by atoms with Gasteiger partial charge in [-0.1, -0.05) is 72.8 Å². The van der Waals surface area contributed by atoms with Gasteiger partial charge in [-0.15, -0.1) is 0 Å². The van der Waals surface area contributed by atoms with Gasteiger partial charge in [-0.3, -0.25) is 9.69 Å². The van der Waals surface area contributed by atoms with Crippen molar-refractivity contribution in [1.29, 1.82) is 0 Å². The van der Waals surface area contributed by atoms with Crippen molar-refractivity contribution in [2.75, 3.05) is 12.0 Å². The van der Waals surface area contributed by atoms with E-state index in [4.69, 9.17) is 14.5 Å². The second-order valence-corrected chi connectivity index (χ2v) is 9.92. The van der Waals surface area contributed by atoms with E-state index in [0.717, 1.165) is 33.6 Å². The molecular formula is C32H28N2O3S. The molecule has 1 fully saturated rings. The summed E-state index contributed by atoms with van der Waals surface area (Å²) < 4.78 is 11.6. The van der Waals surface area contributed by atoms with E-state index in [1.165, 1.54) is 11.8 Å². The van der Waals surface area contributed by atoms with E-state index in [0.29, 0.717) is 28.2 Å². The normalized spacial score (nSPS) is 15.3. The molecule has 5 rings (SSSR count). The third-order valence-electron chi connectivity index (χ3n) is 6.19. The number of aryl methyl sites for hydroxylation is 2. The predicted octanol–water partition coefficient (Wildman–Crippen LogP) is 7.70. The Hall–Kier alpha value is -4.29. The Morgan fingerprint density at radius 2 is 1.53 bits per heavy atom. The standard InChI is InChI=1S/C32H28N2O3S/c1-22-11-10-12-23(2)30(22)33-32-34(26-15-8-5-9-16-26)31(35)29(38-32)20-25-17-18-27(28(19-25)36-3)37-21-24-13-6-4-7-14-24/h4-20H,21H2,1-3H3. The van der Waals surface area contributed by atoms with Crippen molar-refractivity contribution in [1.82, 2.24) is 0 Å². The topological polar surface area (TPSA) is 51.1 Å². The molecule has 190 valence electrons. The number of amides is 1. The number of carbonyl (C=O) groups excluding carboxylic acids is 1. The maximum absolute atomic E-state index is 13.7. The maximum atomic E-state index is 13.7. The quantitative estimate of drug-likeness (QED) is 0.234. The van der Waals surface area contributed by atoms with Crippen LogP contribution in [0.15, 0.2) is 107 Å². The highest BCUT2D eigenvalue weighted by Gasteiger charge is 2.35. The summed E-state index contributed by atoms with van der Waals surface area (Å²) in [6, 6.07) is 31.4. The van der Waals surface area contributed by atoms with Crippen LogP contribution in [0.4, 0.5) is 11.4 Å². The summed E-state index contributed by atoms with van der Waals surface area (Å²) in [6.45, 7) is 4.51. The number of carbonyl (C=O) groups is 1. The summed E-state index contributed by atoms with van der Waals surface area (Å²) in [6.07, 6.45) is 1.87. The number of benzene rings is 4. The van der Waals surface area contributed by atoms with Gasteiger partial charge in [-0.2, -0.15) is 0 Å². The van der Waals surface area contributed by atoms with Crippen molar-refractivity contribution < 1.29 is 14.3 Å². The molecular weight excluding hydrogens is 492 g/mol. The second-order valence-electron chi connectivity index (χ2n) is 8.91. The lowest BCUT2D eigenvalue weighted by molar-refractivity contribution is -0.113. The number of amidine groups is 1. The third kappa shape index (κ3) is 5.50. The molecule has 38 heavy (non-hydrogen) atoms. The van der Waals surface area contributed by atoms with Crippen LogP contribution in [0.3, 0.4) is 0 Å². The van der Waals surface area contributed by atoms with Crippen molar-refractivity contribution >= 4 is 40.3 Å². The molecule has 0 radical (unpaired) electrons. The van der Waals surface area contributed by atoms with Gasteiger partial charge in [0.2, 0.25) is 0 Å². The van der Waals surface area contributed by atoms with Gasteiger partial charge >= 0.3 is 0 Å². The van der Waals surface area contributed by atoms with Crippen LogP contribution < -0.4 is 14.4 Å². The lowest BCUT2D eigenvalue weighted by atomic mass is 10.1. The summed E-state index contributed by atoms with van der Waals surface area (Å²) >= 11 is 1.37. The number of aliphatic imine (C=N–C) groups is 1. The van der Waals surface area contributed by atoms with Crippen LogP contribution in [0.2, 0.25) is 0 Å². The van der Waals surface area contributed by atoms with Gasteiger partial charge in [-0.25, -0.2) is 4.99 Å². The zero-order valence-corrected chi connectivity index (χ0v) is 22.4. The summed E-state index contributed by atoms with van der Waals surface area (Å²) in [5, 5.41) is 0.625. The van der Waals surface area contributed by atoms with E-state index in [1.807, 2.05) is 117 Å². The summed E-state index contributed by atoms with van der Waals surface area (Å²) in [5.41, 5.74) is 5.70.